The zero-order valence-electron chi connectivity index (χ0n) is 17.9. The van der Waals surface area contributed by atoms with Gasteiger partial charge in [0.15, 0.2) is 11.2 Å². The third kappa shape index (κ3) is 4.40. The van der Waals surface area contributed by atoms with Crippen molar-refractivity contribution in [3.63, 3.8) is 0 Å². The van der Waals surface area contributed by atoms with Gasteiger partial charge < -0.3 is 19.7 Å². The van der Waals surface area contributed by atoms with Gasteiger partial charge in [0.05, 0.1) is 6.54 Å². The van der Waals surface area contributed by atoms with Crippen LogP contribution < -0.4 is 21.3 Å². The predicted octanol–water partition coefficient (Wildman–Crippen LogP) is 1.39. The molecule has 2 heterocycles. The molecule has 0 aliphatic heterocycles. The maximum atomic E-state index is 12.8. The molecule has 0 spiro atoms. The van der Waals surface area contributed by atoms with Crippen LogP contribution in [0.3, 0.4) is 0 Å². The Morgan fingerprint density at radius 2 is 1.87 bits per heavy atom. The molecule has 0 aliphatic rings. The van der Waals surface area contributed by atoms with Gasteiger partial charge in [0, 0.05) is 20.6 Å². The molecule has 9 heteroatoms. The van der Waals surface area contributed by atoms with Crippen molar-refractivity contribution in [3.05, 3.63) is 50.7 Å². The van der Waals surface area contributed by atoms with Crippen molar-refractivity contribution < 1.29 is 9.84 Å². The van der Waals surface area contributed by atoms with Crippen LogP contribution in [0.4, 0.5) is 5.95 Å². The molecular formula is C21H29N5O4. The normalized spacial score (nSPS) is 12.3. The number of aliphatic hydroxyl groups is 1. The van der Waals surface area contributed by atoms with Gasteiger partial charge >= 0.3 is 5.69 Å². The Hall–Kier alpha value is -3.07. The van der Waals surface area contributed by atoms with Gasteiger partial charge in [-0.3, -0.25) is 13.9 Å². The van der Waals surface area contributed by atoms with E-state index in [1.807, 2.05) is 31.2 Å². The third-order valence-corrected chi connectivity index (χ3v) is 5.02. The van der Waals surface area contributed by atoms with Crippen LogP contribution in [0.15, 0.2) is 33.9 Å². The van der Waals surface area contributed by atoms with Gasteiger partial charge in [0.1, 0.15) is 18.5 Å². The molecule has 1 unspecified atom stereocenters. The van der Waals surface area contributed by atoms with Crippen LogP contribution in [0.2, 0.25) is 0 Å². The van der Waals surface area contributed by atoms with Crippen LogP contribution >= 0.6 is 0 Å². The smallest absolute Gasteiger partial charge is 0.332 e. The first-order valence-corrected chi connectivity index (χ1v) is 10.1. The lowest BCUT2D eigenvalue weighted by atomic mass is 10.2. The SMILES string of the molecule is CCCCNc1nc2c(c(=O)n(C)c(=O)n2C)n1CC(O)COc1ccc(C)cc1. The van der Waals surface area contributed by atoms with Crippen molar-refractivity contribution in [1.29, 1.82) is 0 Å². The number of aliphatic hydroxyl groups excluding tert-OH is 1. The number of aryl methyl sites for hydroxylation is 2. The Morgan fingerprint density at radius 1 is 1.17 bits per heavy atom. The molecule has 0 saturated heterocycles. The first-order chi connectivity index (χ1) is 14.3. The molecule has 3 rings (SSSR count). The number of nitrogens with one attached hydrogen (secondary N) is 1. The Kier molecular flexibility index (Phi) is 6.61. The van der Waals surface area contributed by atoms with Crippen LogP contribution in [0.25, 0.3) is 11.2 Å². The standard InChI is InChI=1S/C21H29N5O4/c1-5-6-11-22-20-23-18-17(19(28)25(4)21(29)24(18)3)26(20)12-15(27)13-30-16-9-7-14(2)8-10-16/h7-10,15,27H,5-6,11-13H2,1-4H3,(H,22,23). The highest BCUT2D eigenvalue weighted by molar-refractivity contribution is 5.74. The lowest BCUT2D eigenvalue weighted by molar-refractivity contribution is 0.0938. The van der Waals surface area contributed by atoms with Crippen molar-refractivity contribution >= 4 is 17.1 Å². The van der Waals surface area contributed by atoms with Crippen LogP contribution in [0.5, 0.6) is 5.75 Å². The number of rotatable bonds is 9. The van der Waals surface area contributed by atoms with E-state index in [-0.39, 0.29) is 24.3 Å². The molecule has 0 saturated carbocycles. The van der Waals surface area contributed by atoms with Crippen molar-refractivity contribution in [2.24, 2.45) is 14.1 Å². The van der Waals surface area contributed by atoms with Crippen LogP contribution in [-0.2, 0) is 20.6 Å². The number of fused-ring (bicyclic) bond motifs is 1. The summed E-state index contributed by atoms with van der Waals surface area (Å²) in [5.74, 6) is 1.11. The predicted molar refractivity (Wildman–Crippen MR) is 116 cm³/mol. The fourth-order valence-electron chi connectivity index (χ4n) is 3.23. The molecule has 0 fully saturated rings. The number of ether oxygens (including phenoxy) is 1. The number of unbranched alkanes of at least 4 members (excludes halogenated alkanes) is 1. The molecule has 1 atom stereocenters. The first-order valence-electron chi connectivity index (χ1n) is 10.1. The summed E-state index contributed by atoms with van der Waals surface area (Å²) >= 11 is 0. The summed E-state index contributed by atoms with van der Waals surface area (Å²) in [7, 11) is 3.01. The number of benzene rings is 1. The van der Waals surface area contributed by atoms with E-state index in [4.69, 9.17) is 4.74 Å². The zero-order valence-corrected chi connectivity index (χ0v) is 17.9. The van der Waals surface area contributed by atoms with Gasteiger partial charge in [0.2, 0.25) is 5.95 Å². The van der Waals surface area contributed by atoms with E-state index in [0.29, 0.717) is 18.2 Å². The third-order valence-electron chi connectivity index (χ3n) is 5.02. The van der Waals surface area contributed by atoms with E-state index in [0.717, 1.165) is 23.0 Å². The Bertz CT molecular complexity index is 1130. The number of imidazole rings is 1. The van der Waals surface area contributed by atoms with E-state index in [1.54, 1.807) is 11.6 Å². The van der Waals surface area contributed by atoms with E-state index in [9.17, 15) is 14.7 Å². The van der Waals surface area contributed by atoms with Gasteiger partial charge in [-0.05, 0) is 25.5 Å². The van der Waals surface area contributed by atoms with E-state index in [1.165, 1.54) is 11.6 Å². The summed E-state index contributed by atoms with van der Waals surface area (Å²) in [6, 6.07) is 7.56. The van der Waals surface area contributed by atoms with E-state index >= 15 is 0 Å². The molecule has 2 aromatic heterocycles. The zero-order chi connectivity index (χ0) is 21.8. The Labute approximate surface area is 174 Å². The van der Waals surface area contributed by atoms with Gasteiger partial charge in [0.25, 0.3) is 5.56 Å². The average Bonchev–Trinajstić information content (AvgIpc) is 3.08. The minimum atomic E-state index is -0.877. The molecule has 162 valence electrons. The molecule has 0 radical (unpaired) electrons. The highest BCUT2D eigenvalue weighted by Crippen LogP contribution is 2.17. The molecular weight excluding hydrogens is 386 g/mol. The number of anilines is 1. The maximum absolute atomic E-state index is 12.8. The minimum Gasteiger partial charge on any atom is -0.491 e. The number of nitrogens with zero attached hydrogens (tertiary/aromatic N) is 4. The van der Waals surface area contributed by atoms with Gasteiger partial charge in [-0.1, -0.05) is 31.0 Å². The summed E-state index contributed by atoms with van der Waals surface area (Å²) in [6.07, 6.45) is 1.05. The summed E-state index contributed by atoms with van der Waals surface area (Å²) in [5, 5.41) is 13.8. The fourth-order valence-corrected chi connectivity index (χ4v) is 3.23. The number of hydrogen-bond acceptors (Lipinski definition) is 6. The summed E-state index contributed by atoms with van der Waals surface area (Å²) in [4.78, 5) is 29.6. The van der Waals surface area contributed by atoms with Crippen LogP contribution in [0, 0.1) is 6.92 Å². The topological polar surface area (TPSA) is 103 Å². The lowest BCUT2D eigenvalue weighted by Crippen LogP contribution is -2.38. The second kappa shape index (κ2) is 9.17. The molecule has 0 amide bonds. The largest absolute Gasteiger partial charge is 0.491 e. The van der Waals surface area contributed by atoms with Gasteiger partial charge in [-0.25, -0.2) is 4.79 Å². The van der Waals surface area contributed by atoms with Gasteiger partial charge in [-0.2, -0.15) is 4.98 Å². The van der Waals surface area contributed by atoms with Crippen molar-refractivity contribution in [1.82, 2.24) is 18.7 Å². The quantitative estimate of drug-likeness (QED) is 0.512. The second-order valence-electron chi connectivity index (χ2n) is 7.48. The van der Waals surface area contributed by atoms with Crippen molar-refractivity contribution in [2.75, 3.05) is 18.5 Å². The van der Waals surface area contributed by atoms with E-state index in [2.05, 4.69) is 17.2 Å². The molecule has 9 nitrogen and oxygen atoms in total. The van der Waals surface area contributed by atoms with Crippen molar-refractivity contribution in [2.45, 2.75) is 39.3 Å². The second-order valence-corrected chi connectivity index (χ2v) is 7.48. The number of hydrogen-bond donors (Lipinski definition) is 2. The fraction of sp³-hybridized carbons (Fsp3) is 0.476. The summed E-state index contributed by atoms with van der Waals surface area (Å²) in [5.41, 5.74) is 0.787. The highest BCUT2D eigenvalue weighted by atomic mass is 16.5. The van der Waals surface area contributed by atoms with Gasteiger partial charge in [-0.15, -0.1) is 0 Å². The number of aromatic nitrogens is 4. The minimum absolute atomic E-state index is 0.0587. The summed E-state index contributed by atoms with van der Waals surface area (Å²) < 4.78 is 9.70. The Morgan fingerprint density at radius 3 is 2.53 bits per heavy atom. The lowest BCUT2D eigenvalue weighted by Gasteiger charge is -2.16. The van der Waals surface area contributed by atoms with Crippen LogP contribution in [-0.4, -0.2) is 43.0 Å². The highest BCUT2D eigenvalue weighted by Gasteiger charge is 2.21. The first kappa shape index (κ1) is 21.6. The van der Waals surface area contributed by atoms with Crippen molar-refractivity contribution in [3.8, 4) is 5.75 Å². The van der Waals surface area contributed by atoms with Crippen LogP contribution in [0.1, 0.15) is 25.3 Å². The van der Waals surface area contributed by atoms with E-state index < -0.39 is 17.4 Å². The molecule has 1 aromatic carbocycles. The molecule has 0 bridgehead atoms. The maximum Gasteiger partial charge on any atom is 0.332 e. The molecule has 3 aromatic rings. The Balaban J connectivity index is 1.91. The average molecular weight is 415 g/mol. The molecule has 30 heavy (non-hydrogen) atoms. The molecule has 0 aliphatic carbocycles. The monoisotopic (exact) mass is 415 g/mol. The molecule has 2 N–H and O–H groups in total. The summed E-state index contributed by atoms with van der Waals surface area (Å²) in [6.45, 7) is 4.90.